The Morgan fingerprint density at radius 2 is 1.97 bits per heavy atom. The first kappa shape index (κ1) is 20.9. The Kier molecular flexibility index (Phi) is 6.42. The summed E-state index contributed by atoms with van der Waals surface area (Å²) in [4.78, 5) is 18.3. The smallest absolute Gasteiger partial charge is 0.230 e. The Labute approximate surface area is 189 Å². The Hall–Kier alpha value is -2.34. The predicted octanol–water partition coefficient (Wildman–Crippen LogP) is 7.20. The fourth-order valence-electron chi connectivity index (χ4n) is 3.48. The Morgan fingerprint density at radius 1 is 1.17 bits per heavy atom. The van der Waals surface area contributed by atoms with Gasteiger partial charge in [0.15, 0.2) is 0 Å². The molecule has 3 nitrogen and oxygen atoms in total. The number of hydrogen-bond acceptors (Lipinski definition) is 4. The highest BCUT2D eigenvalue weighted by molar-refractivity contribution is 8.14. The third kappa shape index (κ3) is 4.69. The molecule has 2 heterocycles. The van der Waals surface area contributed by atoms with E-state index in [2.05, 4.69) is 37.0 Å². The lowest BCUT2D eigenvalue weighted by Crippen LogP contribution is -2.09. The second-order valence-electron chi connectivity index (χ2n) is 7.18. The first-order valence-electron chi connectivity index (χ1n) is 9.58. The molecule has 4 rings (SSSR count). The lowest BCUT2D eigenvalue weighted by atomic mass is 10.0. The highest BCUT2D eigenvalue weighted by atomic mass is 35.5. The largest absolute Gasteiger partial charge is 0.336 e. The summed E-state index contributed by atoms with van der Waals surface area (Å²) in [5, 5.41) is 2.73. The van der Waals surface area contributed by atoms with Crippen LogP contribution in [0.15, 0.2) is 72.6 Å². The minimum Gasteiger partial charge on any atom is -0.336 e. The predicted molar refractivity (Wildman–Crippen MR) is 128 cm³/mol. The molecule has 1 atom stereocenters. The SMILES string of the molecule is Cc1ccc(C(Cn2ccnc2)SC(=O)c2sccc2-c2ccc(Cl)cc2)c(C)c1. The van der Waals surface area contributed by atoms with E-state index in [1.165, 1.54) is 39.8 Å². The molecule has 0 saturated heterocycles. The third-order valence-corrected chi connectivity index (χ3v) is 7.36. The average molecular weight is 453 g/mol. The number of aryl methyl sites for hydroxylation is 2. The number of benzene rings is 2. The minimum absolute atomic E-state index is 0.00697. The van der Waals surface area contributed by atoms with Crippen molar-refractivity contribution in [1.29, 1.82) is 0 Å². The summed E-state index contributed by atoms with van der Waals surface area (Å²) in [5.74, 6) is 0. The Balaban J connectivity index is 1.64. The molecule has 6 heteroatoms. The van der Waals surface area contributed by atoms with Crippen molar-refractivity contribution < 1.29 is 4.79 Å². The van der Waals surface area contributed by atoms with Crippen LogP contribution in [0, 0.1) is 13.8 Å². The number of rotatable bonds is 6. The Bertz CT molecular complexity index is 1150. The summed E-state index contributed by atoms with van der Waals surface area (Å²) >= 11 is 8.90. The van der Waals surface area contributed by atoms with Crippen LogP contribution in [0.4, 0.5) is 0 Å². The molecule has 2 aromatic carbocycles. The van der Waals surface area contributed by atoms with E-state index in [1.54, 1.807) is 12.5 Å². The van der Waals surface area contributed by atoms with E-state index in [0.29, 0.717) is 11.6 Å². The van der Waals surface area contributed by atoms with Gasteiger partial charge in [-0.15, -0.1) is 11.3 Å². The zero-order valence-corrected chi connectivity index (χ0v) is 19.1. The fourth-order valence-corrected chi connectivity index (χ4v) is 5.76. The molecule has 0 aliphatic carbocycles. The maximum absolute atomic E-state index is 13.4. The first-order valence-corrected chi connectivity index (χ1v) is 11.7. The number of nitrogens with zero attached hydrogens (tertiary/aromatic N) is 2. The van der Waals surface area contributed by atoms with Crippen LogP contribution in [-0.2, 0) is 6.54 Å². The van der Waals surface area contributed by atoms with Gasteiger partial charge >= 0.3 is 0 Å². The number of carbonyl (C=O) groups is 1. The molecule has 0 spiro atoms. The summed E-state index contributed by atoms with van der Waals surface area (Å²) in [6.07, 6.45) is 5.50. The molecule has 4 aromatic rings. The van der Waals surface area contributed by atoms with Gasteiger partial charge in [0, 0.05) is 29.5 Å². The topological polar surface area (TPSA) is 34.9 Å². The van der Waals surface area contributed by atoms with Crippen molar-refractivity contribution in [3.05, 3.63) is 99.2 Å². The van der Waals surface area contributed by atoms with Crippen LogP contribution in [0.3, 0.4) is 0 Å². The normalized spacial score (nSPS) is 12.1. The number of aromatic nitrogens is 2. The van der Waals surface area contributed by atoms with Crippen LogP contribution < -0.4 is 0 Å². The molecule has 0 N–H and O–H groups in total. The van der Waals surface area contributed by atoms with E-state index in [-0.39, 0.29) is 10.4 Å². The molecular weight excluding hydrogens is 432 g/mol. The lowest BCUT2D eigenvalue weighted by molar-refractivity contribution is 0.109. The van der Waals surface area contributed by atoms with Crippen LogP contribution in [-0.4, -0.2) is 14.7 Å². The molecule has 0 aliphatic rings. The van der Waals surface area contributed by atoms with Crippen molar-refractivity contribution in [3.8, 4) is 11.1 Å². The van der Waals surface area contributed by atoms with Gasteiger partial charge in [0.25, 0.3) is 0 Å². The standard InChI is InChI=1S/C24H21ClN2OS2/c1-16-3-8-20(17(2)13-16)22(14-27-11-10-26-15-27)30-24(28)23-21(9-12-29-23)18-4-6-19(25)7-5-18/h3-13,15,22H,14H2,1-2H3. The number of thiophene rings is 1. The number of thioether (sulfide) groups is 1. The third-order valence-electron chi connectivity index (χ3n) is 4.96. The van der Waals surface area contributed by atoms with Crippen molar-refractivity contribution in [2.24, 2.45) is 0 Å². The monoisotopic (exact) mass is 452 g/mol. The van der Waals surface area contributed by atoms with Gasteiger partial charge in [-0.05, 0) is 54.1 Å². The van der Waals surface area contributed by atoms with Gasteiger partial charge in [-0.2, -0.15) is 0 Å². The number of hydrogen-bond donors (Lipinski definition) is 0. The van der Waals surface area contributed by atoms with E-state index < -0.39 is 0 Å². The minimum atomic E-state index is -0.00697. The van der Waals surface area contributed by atoms with Crippen LogP contribution in [0.1, 0.15) is 31.6 Å². The highest BCUT2D eigenvalue weighted by Gasteiger charge is 2.23. The molecule has 0 amide bonds. The van der Waals surface area contributed by atoms with Crippen LogP contribution in [0.2, 0.25) is 5.02 Å². The van der Waals surface area contributed by atoms with Gasteiger partial charge in [-0.25, -0.2) is 4.98 Å². The van der Waals surface area contributed by atoms with Crippen LogP contribution in [0.25, 0.3) is 11.1 Å². The van der Waals surface area contributed by atoms with E-state index >= 15 is 0 Å². The molecule has 0 fully saturated rings. The van der Waals surface area contributed by atoms with Gasteiger partial charge in [0.1, 0.15) is 0 Å². The second-order valence-corrected chi connectivity index (χ2v) is 9.71. The molecule has 1 unspecified atom stereocenters. The van der Waals surface area contributed by atoms with Crippen molar-refractivity contribution in [2.75, 3.05) is 0 Å². The maximum Gasteiger partial charge on any atom is 0.230 e. The van der Waals surface area contributed by atoms with E-state index in [1.807, 2.05) is 46.5 Å². The molecule has 0 aliphatic heterocycles. The van der Waals surface area contributed by atoms with Gasteiger partial charge in [-0.3, -0.25) is 4.79 Å². The highest BCUT2D eigenvalue weighted by Crippen LogP contribution is 2.39. The number of carbonyl (C=O) groups excluding carboxylic acids is 1. The van der Waals surface area contributed by atoms with Gasteiger partial charge in [0.05, 0.1) is 16.5 Å². The van der Waals surface area contributed by atoms with Crippen molar-refractivity contribution >= 4 is 39.8 Å². The summed E-state index contributed by atoms with van der Waals surface area (Å²) in [6, 6.07) is 16.0. The zero-order valence-electron chi connectivity index (χ0n) is 16.7. The second kappa shape index (κ2) is 9.21. The van der Waals surface area contributed by atoms with E-state index in [0.717, 1.165) is 16.0 Å². The summed E-state index contributed by atoms with van der Waals surface area (Å²) in [7, 11) is 0. The first-order chi connectivity index (χ1) is 14.5. The molecule has 0 saturated carbocycles. The van der Waals surface area contributed by atoms with Crippen LogP contribution in [0.5, 0.6) is 0 Å². The maximum atomic E-state index is 13.4. The molecule has 0 radical (unpaired) electrons. The van der Waals surface area contributed by atoms with Crippen LogP contribution >= 0.6 is 34.7 Å². The summed E-state index contributed by atoms with van der Waals surface area (Å²) in [5.41, 5.74) is 5.55. The lowest BCUT2D eigenvalue weighted by Gasteiger charge is -2.19. The fraction of sp³-hybridized carbons (Fsp3) is 0.167. The zero-order chi connectivity index (χ0) is 21.1. The Morgan fingerprint density at radius 3 is 2.67 bits per heavy atom. The molecule has 152 valence electrons. The molecular formula is C24H21ClN2OS2. The molecule has 2 aromatic heterocycles. The quantitative estimate of drug-likeness (QED) is 0.310. The van der Waals surface area contributed by atoms with Gasteiger partial charge in [-0.1, -0.05) is 59.3 Å². The van der Waals surface area contributed by atoms with E-state index in [9.17, 15) is 4.79 Å². The van der Waals surface area contributed by atoms with Gasteiger partial charge in [0.2, 0.25) is 5.12 Å². The van der Waals surface area contributed by atoms with E-state index in [4.69, 9.17) is 11.6 Å². The van der Waals surface area contributed by atoms with Crippen molar-refractivity contribution in [1.82, 2.24) is 9.55 Å². The summed E-state index contributed by atoms with van der Waals surface area (Å²) in [6.45, 7) is 4.88. The number of halogens is 1. The average Bonchev–Trinajstić information content (AvgIpc) is 3.40. The molecule has 0 bridgehead atoms. The summed E-state index contributed by atoms with van der Waals surface area (Å²) < 4.78 is 2.03. The van der Waals surface area contributed by atoms with Gasteiger partial charge < -0.3 is 4.57 Å². The van der Waals surface area contributed by atoms with Crippen molar-refractivity contribution in [2.45, 2.75) is 25.6 Å². The molecule has 30 heavy (non-hydrogen) atoms. The van der Waals surface area contributed by atoms with Crippen molar-refractivity contribution in [3.63, 3.8) is 0 Å². The number of imidazole rings is 1.